The highest BCUT2D eigenvalue weighted by molar-refractivity contribution is 7.89. The Bertz CT molecular complexity index is 1090. The third-order valence-electron chi connectivity index (χ3n) is 4.84. The summed E-state index contributed by atoms with van der Waals surface area (Å²) in [6.45, 7) is 0.833. The first-order valence-corrected chi connectivity index (χ1v) is 11.6. The van der Waals surface area contributed by atoms with Gasteiger partial charge >= 0.3 is 0 Å². The Morgan fingerprint density at radius 1 is 1.14 bits per heavy atom. The zero-order valence-corrected chi connectivity index (χ0v) is 17.2. The zero-order chi connectivity index (χ0) is 20.3. The SMILES string of the molecule is O=C(Nc1nccs1)c1cccc([C@H]2CCCN(S(=O)(=O)c3ccccc3)C2)n1. The molecule has 0 radical (unpaired) electrons. The number of benzene rings is 1. The molecular weight excluding hydrogens is 408 g/mol. The number of nitrogens with zero attached hydrogens (tertiary/aromatic N) is 3. The maximum absolute atomic E-state index is 13.0. The highest BCUT2D eigenvalue weighted by atomic mass is 32.2. The number of amides is 1. The fourth-order valence-electron chi connectivity index (χ4n) is 3.40. The summed E-state index contributed by atoms with van der Waals surface area (Å²) in [5.41, 5.74) is 1.02. The van der Waals surface area contributed by atoms with Crippen molar-refractivity contribution in [3.05, 3.63) is 71.5 Å². The van der Waals surface area contributed by atoms with Crippen LogP contribution in [0.3, 0.4) is 0 Å². The summed E-state index contributed by atoms with van der Waals surface area (Å²) in [5.74, 6) is -0.388. The van der Waals surface area contributed by atoms with Crippen LogP contribution in [0.15, 0.2) is 65.0 Å². The number of nitrogens with one attached hydrogen (secondary N) is 1. The van der Waals surface area contributed by atoms with Gasteiger partial charge in [-0.3, -0.25) is 10.1 Å². The Kier molecular flexibility index (Phi) is 5.70. The molecule has 1 aliphatic rings. The molecule has 1 aliphatic heterocycles. The van der Waals surface area contributed by atoms with E-state index in [4.69, 9.17) is 0 Å². The van der Waals surface area contributed by atoms with E-state index >= 15 is 0 Å². The van der Waals surface area contributed by atoms with Gasteiger partial charge in [-0.15, -0.1) is 11.3 Å². The lowest BCUT2D eigenvalue weighted by molar-refractivity contribution is 0.102. The van der Waals surface area contributed by atoms with E-state index in [0.717, 1.165) is 18.5 Å². The van der Waals surface area contributed by atoms with Crippen LogP contribution in [-0.2, 0) is 10.0 Å². The number of anilines is 1. The molecule has 0 saturated carbocycles. The molecule has 1 aromatic carbocycles. The Morgan fingerprint density at radius 3 is 2.72 bits per heavy atom. The van der Waals surface area contributed by atoms with Crippen LogP contribution in [0.1, 0.15) is 34.9 Å². The van der Waals surface area contributed by atoms with Crippen molar-refractivity contribution < 1.29 is 13.2 Å². The van der Waals surface area contributed by atoms with Crippen molar-refractivity contribution in [3.63, 3.8) is 0 Å². The van der Waals surface area contributed by atoms with Crippen molar-refractivity contribution in [1.82, 2.24) is 14.3 Å². The van der Waals surface area contributed by atoms with Gasteiger partial charge in [-0.05, 0) is 37.1 Å². The van der Waals surface area contributed by atoms with Crippen LogP contribution in [0, 0.1) is 0 Å². The van der Waals surface area contributed by atoms with Gasteiger partial charge in [0.05, 0.1) is 4.90 Å². The first-order chi connectivity index (χ1) is 14.0. The molecule has 1 fully saturated rings. The van der Waals surface area contributed by atoms with Gasteiger partial charge in [-0.2, -0.15) is 4.31 Å². The molecule has 1 saturated heterocycles. The van der Waals surface area contributed by atoms with Crippen molar-refractivity contribution in [1.29, 1.82) is 0 Å². The molecule has 0 unspecified atom stereocenters. The standard InChI is InChI=1S/C20H20N4O3S2/c25-19(23-20-21-11-13-28-20)18-10-4-9-17(22-18)15-6-5-12-24(14-15)29(26,27)16-7-2-1-3-8-16/h1-4,7-11,13,15H,5-6,12,14H2,(H,21,23,25)/t15-/m0/s1. The van der Waals surface area contributed by atoms with Gasteiger partial charge in [0, 0.05) is 36.3 Å². The molecule has 1 amide bonds. The van der Waals surface area contributed by atoms with Crippen LogP contribution in [0.5, 0.6) is 0 Å². The van der Waals surface area contributed by atoms with E-state index in [1.54, 1.807) is 54.0 Å². The number of carbonyl (C=O) groups excluding carboxylic acids is 1. The zero-order valence-electron chi connectivity index (χ0n) is 15.6. The predicted molar refractivity (Wildman–Crippen MR) is 111 cm³/mol. The topological polar surface area (TPSA) is 92.3 Å². The highest BCUT2D eigenvalue weighted by Crippen LogP contribution is 2.29. The number of rotatable bonds is 5. The number of thiazole rings is 1. The van der Waals surface area contributed by atoms with E-state index in [1.165, 1.54) is 15.6 Å². The summed E-state index contributed by atoms with van der Waals surface area (Å²) in [4.78, 5) is 21.3. The maximum Gasteiger partial charge on any atom is 0.276 e. The van der Waals surface area contributed by atoms with E-state index in [2.05, 4.69) is 15.3 Å². The molecule has 150 valence electrons. The van der Waals surface area contributed by atoms with E-state index < -0.39 is 10.0 Å². The van der Waals surface area contributed by atoms with Crippen molar-refractivity contribution in [2.24, 2.45) is 0 Å². The van der Waals surface area contributed by atoms with E-state index in [0.29, 0.717) is 28.8 Å². The number of sulfonamides is 1. The number of piperidine rings is 1. The quantitative estimate of drug-likeness (QED) is 0.673. The lowest BCUT2D eigenvalue weighted by atomic mass is 9.95. The molecule has 1 N–H and O–H groups in total. The van der Waals surface area contributed by atoms with Crippen molar-refractivity contribution >= 4 is 32.4 Å². The monoisotopic (exact) mass is 428 g/mol. The molecule has 7 nitrogen and oxygen atoms in total. The molecule has 0 bridgehead atoms. The van der Waals surface area contributed by atoms with E-state index in [-0.39, 0.29) is 11.8 Å². The lowest BCUT2D eigenvalue weighted by Gasteiger charge is -2.31. The van der Waals surface area contributed by atoms with Crippen LogP contribution in [0.4, 0.5) is 5.13 Å². The number of carbonyl (C=O) groups is 1. The fraction of sp³-hybridized carbons (Fsp3) is 0.250. The lowest BCUT2D eigenvalue weighted by Crippen LogP contribution is -2.39. The van der Waals surface area contributed by atoms with Gasteiger partial charge in [-0.25, -0.2) is 18.4 Å². The number of aromatic nitrogens is 2. The maximum atomic E-state index is 13.0. The third kappa shape index (κ3) is 4.36. The van der Waals surface area contributed by atoms with Crippen molar-refractivity contribution in [2.75, 3.05) is 18.4 Å². The second kappa shape index (κ2) is 8.40. The molecule has 2 aromatic heterocycles. The van der Waals surface area contributed by atoms with Gasteiger partial charge in [0.2, 0.25) is 10.0 Å². The normalized spacial score (nSPS) is 17.7. The number of hydrogen-bond acceptors (Lipinski definition) is 6. The van der Waals surface area contributed by atoms with Crippen LogP contribution >= 0.6 is 11.3 Å². The third-order valence-corrected chi connectivity index (χ3v) is 7.41. The highest BCUT2D eigenvalue weighted by Gasteiger charge is 2.31. The Labute approximate surface area is 173 Å². The fourth-order valence-corrected chi connectivity index (χ4v) is 5.46. The molecule has 0 aliphatic carbocycles. The average molecular weight is 429 g/mol. The van der Waals surface area contributed by atoms with E-state index in [9.17, 15) is 13.2 Å². The van der Waals surface area contributed by atoms with Crippen LogP contribution in [0.2, 0.25) is 0 Å². The van der Waals surface area contributed by atoms with Crippen molar-refractivity contribution in [2.45, 2.75) is 23.7 Å². The Morgan fingerprint density at radius 2 is 1.97 bits per heavy atom. The van der Waals surface area contributed by atoms with Gasteiger partial charge in [-0.1, -0.05) is 24.3 Å². The molecule has 3 aromatic rings. The first kappa shape index (κ1) is 19.7. The minimum Gasteiger partial charge on any atom is -0.296 e. The summed E-state index contributed by atoms with van der Waals surface area (Å²) in [6.07, 6.45) is 3.19. The van der Waals surface area contributed by atoms with Crippen LogP contribution in [-0.4, -0.2) is 41.7 Å². The molecule has 0 spiro atoms. The molecule has 29 heavy (non-hydrogen) atoms. The molecule has 9 heteroatoms. The van der Waals surface area contributed by atoms with Gasteiger partial charge in [0.25, 0.3) is 5.91 Å². The minimum atomic E-state index is -3.54. The average Bonchev–Trinajstić information content (AvgIpc) is 3.27. The van der Waals surface area contributed by atoms with Crippen LogP contribution < -0.4 is 5.32 Å². The largest absolute Gasteiger partial charge is 0.296 e. The van der Waals surface area contributed by atoms with Gasteiger partial charge in [0.1, 0.15) is 5.69 Å². The Balaban J connectivity index is 1.52. The summed E-state index contributed by atoms with van der Waals surface area (Å²) in [5, 5.41) is 5.02. The number of hydrogen-bond donors (Lipinski definition) is 1. The second-order valence-electron chi connectivity index (χ2n) is 6.75. The second-order valence-corrected chi connectivity index (χ2v) is 9.59. The first-order valence-electron chi connectivity index (χ1n) is 9.27. The summed E-state index contributed by atoms with van der Waals surface area (Å²) >= 11 is 1.33. The van der Waals surface area contributed by atoms with Gasteiger partial charge in [0.15, 0.2) is 5.13 Å². The van der Waals surface area contributed by atoms with E-state index in [1.807, 2.05) is 6.07 Å². The van der Waals surface area contributed by atoms with Crippen LogP contribution in [0.25, 0.3) is 0 Å². The molecule has 3 heterocycles. The smallest absolute Gasteiger partial charge is 0.276 e. The summed E-state index contributed by atoms with van der Waals surface area (Å²) < 4.78 is 27.4. The molecular formula is C20H20N4O3S2. The number of pyridine rings is 1. The predicted octanol–water partition coefficient (Wildman–Crippen LogP) is 3.36. The molecule has 4 rings (SSSR count). The van der Waals surface area contributed by atoms with Gasteiger partial charge < -0.3 is 0 Å². The summed E-state index contributed by atoms with van der Waals surface area (Å²) in [6, 6.07) is 13.7. The Hall–Kier alpha value is -2.62. The minimum absolute atomic E-state index is 0.0603. The molecule has 1 atom stereocenters. The van der Waals surface area contributed by atoms with Crippen molar-refractivity contribution in [3.8, 4) is 0 Å². The summed E-state index contributed by atoms with van der Waals surface area (Å²) in [7, 11) is -3.54.